The molecular weight excluding hydrogens is 485 g/mol. The van der Waals surface area contributed by atoms with Gasteiger partial charge >= 0.3 is 28.8 Å². The van der Waals surface area contributed by atoms with Gasteiger partial charge in [0.1, 0.15) is 0 Å². The van der Waals surface area contributed by atoms with Crippen molar-refractivity contribution >= 4 is 22.2 Å². The molecule has 23 heavy (non-hydrogen) atoms. The molecule has 2 saturated carbocycles. The Morgan fingerprint density at radius 2 is 0.696 bits per heavy atom. The van der Waals surface area contributed by atoms with Crippen LogP contribution in [0.25, 0.3) is 0 Å². The minimum absolute atomic E-state index is 0.756. The van der Waals surface area contributed by atoms with Gasteiger partial charge in [0, 0.05) is 0 Å². The summed E-state index contributed by atoms with van der Waals surface area (Å²) in [5.74, 6) is 15.1. The second-order valence-electron chi connectivity index (χ2n) is 6.25. The number of rotatable bonds is 1. The monoisotopic (exact) mass is 514 g/mol. The number of hydrogen-bond acceptors (Lipinski definition) is 2. The molecule has 0 aliphatic heterocycles. The van der Waals surface area contributed by atoms with E-state index < -0.39 is 0 Å². The molecule has 0 unspecified atom stereocenters. The fraction of sp³-hybridized carbons (Fsp3) is 0.500. The Labute approximate surface area is 168 Å². The summed E-state index contributed by atoms with van der Waals surface area (Å²) in [6.45, 7) is 19.7. The molecule has 0 saturated heterocycles. The summed E-state index contributed by atoms with van der Waals surface area (Å²) in [5.41, 5.74) is 0. The van der Waals surface area contributed by atoms with Crippen LogP contribution in [-0.4, -0.2) is 5.75 Å². The Morgan fingerprint density at radius 1 is 0.522 bits per heavy atom. The van der Waals surface area contributed by atoms with Crippen molar-refractivity contribution in [2.75, 3.05) is 5.75 Å². The van der Waals surface area contributed by atoms with Crippen LogP contribution >= 0.6 is 9.58 Å². The van der Waals surface area contributed by atoms with Crippen LogP contribution in [0.3, 0.4) is 0 Å². The van der Waals surface area contributed by atoms with Gasteiger partial charge in [0.25, 0.3) is 0 Å². The molecule has 127 valence electrons. The SMILES string of the molecule is C[C]1[C](C)[C](C)[C](C)[C]1C.C[C]1[C](C)[C](C)[C](C[S-])[C]1C.[S]=[Ta]. The zero-order chi connectivity index (χ0) is 18.5. The molecule has 0 aromatic carbocycles. The molecule has 0 bridgehead atoms. The van der Waals surface area contributed by atoms with E-state index in [9.17, 15) is 0 Å². The Kier molecular flexibility index (Phi) is 11.7. The summed E-state index contributed by atoms with van der Waals surface area (Å²) in [6.07, 6.45) is 0. The fourth-order valence-corrected chi connectivity index (χ4v) is 3.35. The van der Waals surface area contributed by atoms with Crippen LogP contribution in [0.5, 0.6) is 0 Å². The topological polar surface area (TPSA) is 0 Å². The van der Waals surface area contributed by atoms with E-state index in [2.05, 4.69) is 71.9 Å². The maximum absolute atomic E-state index is 5.07. The van der Waals surface area contributed by atoms with Crippen molar-refractivity contribution in [1.82, 2.24) is 0 Å². The molecule has 0 heterocycles. The minimum atomic E-state index is 0.756. The van der Waals surface area contributed by atoms with E-state index >= 15 is 0 Å². The van der Waals surface area contributed by atoms with Gasteiger partial charge in [0.05, 0.1) is 0 Å². The summed E-state index contributed by atoms with van der Waals surface area (Å²) >= 11 is 6.09. The molecule has 0 nitrogen and oxygen atoms in total. The Balaban J connectivity index is 0.000000381. The molecular formula is C20H29S2Ta-. The Bertz CT molecular complexity index is 277. The first-order chi connectivity index (χ1) is 10.6. The van der Waals surface area contributed by atoms with E-state index in [1.807, 2.05) is 0 Å². The summed E-state index contributed by atoms with van der Waals surface area (Å²) in [4.78, 5) is 0. The van der Waals surface area contributed by atoms with Gasteiger partial charge in [-0.2, -0.15) is 5.75 Å². The van der Waals surface area contributed by atoms with Gasteiger partial charge in [-0.3, -0.25) is 0 Å². The van der Waals surface area contributed by atoms with Crippen molar-refractivity contribution in [3.05, 3.63) is 59.2 Å². The zero-order valence-electron chi connectivity index (χ0n) is 16.0. The van der Waals surface area contributed by atoms with E-state index in [1.165, 1.54) is 59.2 Å². The van der Waals surface area contributed by atoms with Gasteiger partial charge in [-0.05, 0) is 59.2 Å². The average Bonchev–Trinajstić information content (AvgIpc) is 2.85. The molecule has 0 N–H and O–H groups in total. The van der Waals surface area contributed by atoms with Crippen molar-refractivity contribution in [2.45, 2.75) is 62.3 Å². The van der Waals surface area contributed by atoms with Gasteiger partial charge in [-0.25, -0.2) is 0 Å². The number of hydrogen-bond donors (Lipinski definition) is 0. The van der Waals surface area contributed by atoms with Gasteiger partial charge in [-0.15, -0.1) is 0 Å². The van der Waals surface area contributed by atoms with Crippen LogP contribution in [-0.2, 0) is 31.8 Å². The van der Waals surface area contributed by atoms with Crippen molar-refractivity contribution in [3.63, 3.8) is 0 Å². The van der Waals surface area contributed by atoms with E-state index in [0.29, 0.717) is 0 Å². The standard InChI is InChI=1S/C10H15S.C10H15.S.Ta/c1-6-7(2)9(4)10(5-11)8(6)3;1-6-7(2)9(4)10(5)8(6)3;;/h11H,5H2,1-4H3;1-5H3;;/p-1. The van der Waals surface area contributed by atoms with E-state index in [1.54, 1.807) is 0 Å². The second-order valence-corrected chi connectivity index (χ2v) is 6.54. The van der Waals surface area contributed by atoms with Crippen LogP contribution in [0.4, 0.5) is 0 Å². The van der Waals surface area contributed by atoms with Gasteiger partial charge in [0.2, 0.25) is 0 Å². The van der Waals surface area contributed by atoms with E-state index in [-0.39, 0.29) is 0 Å². The molecule has 0 aromatic rings. The van der Waals surface area contributed by atoms with Crippen molar-refractivity contribution in [2.24, 2.45) is 0 Å². The molecule has 2 aliphatic rings. The van der Waals surface area contributed by atoms with Crippen LogP contribution in [0.1, 0.15) is 62.3 Å². The summed E-state index contributed by atoms with van der Waals surface area (Å²) < 4.78 is 0. The molecule has 3 heteroatoms. The Morgan fingerprint density at radius 3 is 0.826 bits per heavy atom. The van der Waals surface area contributed by atoms with Crippen LogP contribution in [0.2, 0.25) is 0 Å². The first-order valence-corrected chi connectivity index (χ1v) is 12.7. The summed E-state index contributed by atoms with van der Waals surface area (Å²) in [7, 11) is 4.19. The molecule has 10 radical (unpaired) electrons. The average molecular weight is 515 g/mol. The van der Waals surface area contributed by atoms with Crippen molar-refractivity contribution < 1.29 is 19.2 Å². The second kappa shape index (κ2) is 11.1. The molecule has 0 atom stereocenters. The van der Waals surface area contributed by atoms with E-state index in [4.69, 9.17) is 12.6 Å². The third kappa shape index (κ3) is 5.64. The Hall–Kier alpha value is 1.31. The molecule has 0 spiro atoms. The fourth-order valence-electron chi connectivity index (χ4n) is 2.92. The molecule has 0 aromatic heterocycles. The maximum atomic E-state index is 5.07. The van der Waals surface area contributed by atoms with Gasteiger partial charge in [-0.1, -0.05) is 62.3 Å². The first-order valence-electron chi connectivity index (χ1n) is 7.82. The molecule has 2 rings (SSSR count). The predicted molar refractivity (Wildman–Crippen MR) is 103 cm³/mol. The summed E-state index contributed by atoms with van der Waals surface area (Å²) in [5, 5.41) is 0. The van der Waals surface area contributed by atoms with Crippen LogP contribution in [0.15, 0.2) is 0 Å². The quantitative estimate of drug-likeness (QED) is 0.387. The van der Waals surface area contributed by atoms with Crippen molar-refractivity contribution in [3.8, 4) is 0 Å². The molecule has 2 aliphatic carbocycles. The first kappa shape index (κ1) is 24.3. The summed E-state index contributed by atoms with van der Waals surface area (Å²) in [6, 6.07) is 0. The van der Waals surface area contributed by atoms with Crippen LogP contribution < -0.4 is 0 Å². The van der Waals surface area contributed by atoms with Crippen LogP contribution in [0, 0.1) is 59.2 Å². The van der Waals surface area contributed by atoms with Gasteiger partial charge in [0.15, 0.2) is 0 Å². The third-order valence-electron chi connectivity index (χ3n) is 5.55. The van der Waals surface area contributed by atoms with E-state index in [0.717, 1.165) is 24.9 Å². The predicted octanol–water partition coefficient (Wildman–Crippen LogP) is 6.12. The normalized spacial score (nSPS) is 25.4. The molecule has 0 amide bonds. The van der Waals surface area contributed by atoms with Gasteiger partial charge < -0.3 is 12.6 Å². The van der Waals surface area contributed by atoms with Crippen molar-refractivity contribution in [1.29, 1.82) is 0 Å². The zero-order valence-corrected chi connectivity index (χ0v) is 20.8. The third-order valence-corrected chi connectivity index (χ3v) is 5.84. The molecule has 2 fully saturated rings.